The molecule has 0 fully saturated rings. The van der Waals surface area contributed by atoms with E-state index in [0.717, 1.165) is 16.5 Å². The molecule has 1 aromatic carbocycles. The predicted molar refractivity (Wildman–Crippen MR) is 83.2 cm³/mol. The molecule has 2 amide bonds. The highest BCUT2D eigenvalue weighted by atomic mass is 79.9. The summed E-state index contributed by atoms with van der Waals surface area (Å²) < 4.78 is 1.00. The van der Waals surface area contributed by atoms with Gasteiger partial charge in [0.25, 0.3) is 0 Å². The number of halogens is 1. The smallest absolute Gasteiger partial charge is 0.239 e. The van der Waals surface area contributed by atoms with Crippen LogP contribution in [-0.2, 0) is 9.59 Å². The zero-order valence-electron chi connectivity index (χ0n) is 12.1. The molecule has 0 aliphatic carbocycles. The molecule has 5 heteroatoms. The van der Waals surface area contributed by atoms with E-state index in [9.17, 15) is 9.59 Å². The molecule has 2 N–H and O–H groups in total. The van der Waals surface area contributed by atoms with Gasteiger partial charge >= 0.3 is 0 Å². The van der Waals surface area contributed by atoms with Gasteiger partial charge in [0, 0.05) is 10.4 Å². The summed E-state index contributed by atoms with van der Waals surface area (Å²) in [5.74, 6) is -0.331. The predicted octanol–water partition coefficient (Wildman–Crippen LogP) is 2.79. The average Bonchev–Trinajstić information content (AvgIpc) is 2.44. The molecule has 0 radical (unpaired) electrons. The Morgan fingerprint density at radius 2 is 1.80 bits per heavy atom. The Morgan fingerprint density at radius 1 is 1.20 bits per heavy atom. The van der Waals surface area contributed by atoms with Crippen LogP contribution in [0.3, 0.4) is 0 Å². The molecule has 1 aromatic rings. The van der Waals surface area contributed by atoms with Gasteiger partial charge < -0.3 is 10.6 Å². The third-order valence-corrected chi connectivity index (χ3v) is 3.76. The molecule has 0 aliphatic rings. The van der Waals surface area contributed by atoms with Gasteiger partial charge in [-0.05, 0) is 31.0 Å². The first-order chi connectivity index (χ1) is 9.43. The number of carbonyl (C=O) groups excluding carboxylic acids is 2. The summed E-state index contributed by atoms with van der Waals surface area (Å²) in [4.78, 5) is 23.3. The van der Waals surface area contributed by atoms with Crippen LogP contribution in [0, 0.1) is 5.92 Å². The van der Waals surface area contributed by atoms with Crippen LogP contribution in [0.4, 0.5) is 0 Å². The third-order valence-electron chi connectivity index (χ3n) is 3.23. The average molecular weight is 341 g/mol. The maximum atomic E-state index is 11.8. The van der Waals surface area contributed by atoms with Crippen LogP contribution in [0.15, 0.2) is 28.7 Å². The summed E-state index contributed by atoms with van der Waals surface area (Å²) in [6.45, 7) is 5.72. The molecule has 110 valence electrons. The van der Waals surface area contributed by atoms with E-state index in [2.05, 4.69) is 26.6 Å². The first kappa shape index (κ1) is 16.7. The first-order valence-corrected chi connectivity index (χ1v) is 7.55. The summed E-state index contributed by atoms with van der Waals surface area (Å²) in [6.07, 6.45) is 0.767. The minimum Gasteiger partial charge on any atom is -0.348 e. The Labute approximate surface area is 128 Å². The van der Waals surface area contributed by atoms with Crippen molar-refractivity contribution in [3.63, 3.8) is 0 Å². The summed E-state index contributed by atoms with van der Waals surface area (Å²) in [6, 6.07) is 7.68. The molecule has 0 spiro atoms. The molecular weight excluding hydrogens is 320 g/mol. The lowest BCUT2D eigenvalue weighted by Crippen LogP contribution is -2.39. The summed E-state index contributed by atoms with van der Waals surface area (Å²) in [5, 5.41) is 5.50. The van der Waals surface area contributed by atoms with Gasteiger partial charge in [0.05, 0.1) is 12.6 Å². The lowest BCUT2D eigenvalue weighted by atomic mass is 10.1. The number of amides is 2. The Kier molecular flexibility index (Phi) is 6.71. The second-order valence-electron chi connectivity index (χ2n) is 4.87. The Hall–Kier alpha value is -1.36. The molecule has 0 heterocycles. The highest BCUT2D eigenvalue weighted by Gasteiger charge is 2.13. The summed E-state index contributed by atoms with van der Waals surface area (Å²) in [5.41, 5.74) is 1.02. The first-order valence-electron chi connectivity index (χ1n) is 6.76. The fourth-order valence-corrected chi connectivity index (χ4v) is 1.92. The number of benzene rings is 1. The Balaban J connectivity index is 2.42. The number of hydrogen-bond donors (Lipinski definition) is 2. The van der Waals surface area contributed by atoms with Crippen molar-refractivity contribution in [1.29, 1.82) is 0 Å². The molecule has 2 atom stereocenters. The monoisotopic (exact) mass is 340 g/mol. The Morgan fingerprint density at radius 3 is 2.35 bits per heavy atom. The lowest BCUT2D eigenvalue weighted by Gasteiger charge is -2.15. The topological polar surface area (TPSA) is 58.2 Å². The van der Waals surface area contributed by atoms with Crippen LogP contribution in [0.25, 0.3) is 0 Å². The maximum Gasteiger partial charge on any atom is 0.239 e. The quantitative estimate of drug-likeness (QED) is 0.836. The van der Waals surface area contributed by atoms with Gasteiger partial charge in [0.15, 0.2) is 0 Å². The van der Waals surface area contributed by atoms with Crippen molar-refractivity contribution >= 4 is 27.7 Å². The number of rotatable bonds is 6. The van der Waals surface area contributed by atoms with Gasteiger partial charge in [0.1, 0.15) is 0 Å². The summed E-state index contributed by atoms with van der Waals surface area (Å²) >= 11 is 3.37. The second-order valence-corrected chi connectivity index (χ2v) is 5.78. The lowest BCUT2D eigenvalue weighted by molar-refractivity contribution is -0.128. The highest BCUT2D eigenvalue weighted by molar-refractivity contribution is 9.10. The zero-order valence-corrected chi connectivity index (χ0v) is 13.7. The van der Waals surface area contributed by atoms with Gasteiger partial charge in [-0.3, -0.25) is 9.59 Å². The van der Waals surface area contributed by atoms with Gasteiger partial charge in [-0.1, -0.05) is 41.9 Å². The van der Waals surface area contributed by atoms with E-state index >= 15 is 0 Å². The van der Waals surface area contributed by atoms with Crippen LogP contribution in [0.5, 0.6) is 0 Å². The molecule has 0 saturated carbocycles. The number of carbonyl (C=O) groups is 2. The molecular formula is C15H21BrN2O2. The fraction of sp³-hybridized carbons (Fsp3) is 0.467. The van der Waals surface area contributed by atoms with Crippen molar-refractivity contribution in [3.05, 3.63) is 34.3 Å². The van der Waals surface area contributed by atoms with Crippen LogP contribution < -0.4 is 10.6 Å². The summed E-state index contributed by atoms with van der Waals surface area (Å²) in [7, 11) is 0. The molecule has 0 bridgehead atoms. The molecule has 20 heavy (non-hydrogen) atoms. The van der Waals surface area contributed by atoms with E-state index in [1.54, 1.807) is 0 Å². The van der Waals surface area contributed by atoms with Gasteiger partial charge in [0.2, 0.25) is 11.8 Å². The van der Waals surface area contributed by atoms with Crippen molar-refractivity contribution in [1.82, 2.24) is 10.6 Å². The van der Waals surface area contributed by atoms with Crippen molar-refractivity contribution in [3.8, 4) is 0 Å². The third kappa shape index (κ3) is 5.33. The molecule has 4 nitrogen and oxygen atoms in total. The van der Waals surface area contributed by atoms with Gasteiger partial charge in [-0.25, -0.2) is 0 Å². The second kappa shape index (κ2) is 8.04. The normalized spacial score (nSPS) is 13.4. The van der Waals surface area contributed by atoms with Crippen LogP contribution in [-0.4, -0.2) is 18.4 Å². The van der Waals surface area contributed by atoms with Gasteiger partial charge in [-0.15, -0.1) is 0 Å². The molecule has 1 rings (SSSR count). The van der Waals surface area contributed by atoms with E-state index in [0.29, 0.717) is 0 Å². The fourth-order valence-electron chi connectivity index (χ4n) is 1.65. The van der Waals surface area contributed by atoms with Gasteiger partial charge in [-0.2, -0.15) is 0 Å². The van der Waals surface area contributed by atoms with E-state index in [1.807, 2.05) is 45.0 Å². The van der Waals surface area contributed by atoms with Crippen LogP contribution in [0.1, 0.15) is 38.8 Å². The number of nitrogens with one attached hydrogen (secondary N) is 2. The van der Waals surface area contributed by atoms with E-state index in [4.69, 9.17) is 0 Å². The molecule has 0 aromatic heterocycles. The minimum atomic E-state index is -0.183. The van der Waals surface area contributed by atoms with Crippen molar-refractivity contribution in [2.75, 3.05) is 6.54 Å². The standard InChI is InChI=1S/C15H21BrN2O2/c1-4-10(2)15(20)17-9-14(19)18-11(3)12-5-7-13(16)8-6-12/h5-8,10-11H,4,9H2,1-3H3,(H,17,20)(H,18,19)/t10-,11-/m1/s1. The molecule has 0 saturated heterocycles. The minimum absolute atomic E-state index is 0.0179. The van der Waals surface area contributed by atoms with Crippen molar-refractivity contribution < 1.29 is 9.59 Å². The Bertz CT molecular complexity index is 459. The number of hydrogen-bond acceptors (Lipinski definition) is 2. The van der Waals surface area contributed by atoms with E-state index in [1.165, 1.54) is 0 Å². The molecule has 0 unspecified atom stereocenters. The molecule has 0 aliphatic heterocycles. The maximum absolute atomic E-state index is 11.8. The van der Waals surface area contributed by atoms with Crippen molar-refractivity contribution in [2.45, 2.75) is 33.2 Å². The SMILES string of the molecule is CC[C@@H](C)C(=O)NCC(=O)N[C@H](C)c1ccc(Br)cc1. The van der Waals surface area contributed by atoms with Crippen molar-refractivity contribution in [2.24, 2.45) is 5.92 Å². The largest absolute Gasteiger partial charge is 0.348 e. The van der Waals surface area contributed by atoms with Crippen LogP contribution >= 0.6 is 15.9 Å². The highest BCUT2D eigenvalue weighted by Crippen LogP contribution is 2.16. The van der Waals surface area contributed by atoms with E-state index in [-0.39, 0.29) is 30.3 Å². The van der Waals surface area contributed by atoms with Crippen LogP contribution in [0.2, 0.25) is 0 Å². The van der Waals surface area contributed by atoms with E-state index < -0.39 is 0 Å². The zero-order chi connectivity index (χ0) is 15.1.